The lowest BCUT2D eigenvalue weighted by Gasteiger charge is -2.38. The fourth-order valence-corrected chi connectivity index (χ4v) is 7.58. The van der Waals surface area contributed by atoms with Gasteiger partial charge >= 0.3 is 5.97 Å². The Hall–Kier alpha value is -1.80. The maximum Gasteiger partial charge on any atom is 0.311 e. The van der Waals surface area contributed by atoms with Crippen molar-refractivity contribution in [3.8, 4) is 0 Å². The smallest absolute Gasteiger partial charge is 0.311 e. The summed E-state index contributed by atoms with van der Waals surface area (Å²) >= 11 is 1.55. The Balaban J connectivity index is 1.82. The van der Waals surface area contributed by atoms with Gasteiger partial charge in [0.25, 0.3) is 0 Å². The van der Waals surface area contributed by atoms with Gasteiger partial charge in [0.2, 0.25) is 11.8 Å². The van der Waals surface area contributed by atoms with E-state index in [0.717, 1.165) is 25.7 Å². The first-order valence-electron chi connectivity index (χ1n) is 11.9. The lowest BCUT2D eigenvalue weighted by atomic mass is 9.78. The Labute approximate surface area is 194 Å². The van der Waals surface area contributed by atoms with E-state index in [-0.39, 0.29) is 29.6 Å². The van der Waals surface area contributed by atoms with E-state index in [0.29, 0.717) is 26.1 Å². The number of aliphatic hydroxyl groups is 1. The third-order valence-corrected chi connectivity index (χ3v) is 8.97. The highest BCUT2D eigenvalue weighted by atomic mass is 32.2. The van der Waals surface area contributed by atoms with Gasteiger partial charge < -0.3 is 19.6 Å². The zero-order valence-electron chi connectivity index (χ0n) is 18.9. The summed E-state index contributed by atoms with van der Waals surface area (Å²) in [6, 6.07) is -1.19. The molecule has 7 nitrogen and oxygen atoms in total. The molecule has 176 valence electrons. The number of aliphatic hydroxyl groups excluding tert-OH is 1. The van der Waals surface area contributed by atoms with Gasteiger partial charge in [0, 0.05) is 18.3 Å². The van der Waals surface area contributed by atoms with Gasteiger partial charge in [-0.3, -0.25) is 14.4 Å². The van der Waals surface area contributed by atoms with E-state index in [4.69, 9.17) is 4.74 Å². The zero-order chi connectivity index (χ0) is 22.9. The second-order valence-electron chi connectivity index (χ2n) is 9.11. The molecule has 4 aliphatic heterocycles. The molecule has 1 spiro atoms. The summed E-state index contributed by atoms with van der Waals surface area (Å²) in [6.07, 6.45) is 12.1. The minimum atomic E-state index is -0.838. The summed E-state index contributed by atoms with van der Waals surface area (Å²) in [5.41, 5.74) is 0. The molecule has 0 aromatic rings. The number of rotatable bonds is 6. The van der Waals surface area contributed by atoms with Crippen LogP contribution in [0, 0.1) is 11.8 Å². The number of thioether (sulfide) groups is 1. The average molecular weight is 463 g/mol. The fraction of sp³-hybridized carbons (Fsp3) is 0.708. The monoisotopic (exact) mass is 462 g/mol. The summed E-state index contributed by atoms with van der Waals surface area (Å²) in [5, 5.41) is 9.86. The molecule has 4 aliphatic rings. The topological polar surface area (TPSA) is 87.2 Å². The standard InChI is InChI=1S/C24H34N2O5S/c1-3-5-12-25-13-9-11-24-19(18-17(32-24)10-7-6-8-14-31-23(18)30)21(28)26(16(4-2)15-27)20(24)22(25)29/h7,9-11,16-20,27H,3-6,8,12-15H2,1-2H3/b10-7-/t16-,17-,18+,19-,20?,24-/m0/s1. The molecule has 0 aromatic carbocycles. The number of hydrogen-bond donors (Lipinski definition) is 1. The third-order valence-electron chi connectivity index (χ3n) is 7.23. The van der Waals surface area contributed by atoms with Crippen molar-refractivity contribution in [2.75, 3.05) is 26.3 Å². The molecule has 0 saturated carbocycles. The number of fused-ring (bicyclic) bond motifs is 2. The van der Waals surface area contributed by atoms with Gasteiger partial charge in [-0.2, -0.15) is 0 Å². The second kappa shape index (κ2) is 9.59. The maximum atomic E-state index is 13.9. The Morgan fingerprint density at radius 3 is 2.78 bits per heavy atom. The third kappa shape index (κ3) is 3.69. The van der Waals surface area contributed by atoms with Gasteiger partial charge in [-0.1, -0.05) is 44.6 Å². The lowest BCUT2D eigenvalue weighted by molar-refractivity contribution is -0.153. The predicted molar refractivity (Wildman–Crippen MR) is 123 cm³/mol. The van der Waals surface area contributed by atoms with E-state index >= 15 is 0 Å². The highest BCUT2D eigenvalue weighted by molar-refractivity contribution is 8.02. The van der Waals surface area contributed by atoms with Crippen molar-refractivity contribution in [2.45, 2.75) is 68.0 Å². The number of allylic oxidation sites excluding steroid dienone is 1. The van der Waals surface area contributed by atoms with Crippen molar-refractivity contribution in [3.05, 3.63) is 24.3 Å². The number of amides is 2. The lowest BCUT2D eigenvalue weighted by Crippen LogP contribution is -2.56. The molecule has 6 atom stereocenters. The Morgan fingerprint density at radius 1 is 1.25 bits per heavy atom. The van der Waals surface area contributed by atoms with Crippen LogP contribution in [0.3, 0.4) is 0 Å². The van der Waals surface area contributed by atoms with Crippen molar-refractivity contribution in [3.63, 3.8) is 0 Å². The van der Waals surface area contributed by atoms with Gasteiger partial charge in [-0.15, -0.1) is 11.8 Å². The fourth-order valence-electron chi connectivity index (χ4n) is 5.60. The quantitative estimate of drug-likeness (QED) is 0.481. The molecule has 0 aliphatic carbocycles. The summed E-state index contributed by atoms with van der Waals surface area (Å²) in [6.45, 7) is 5.26. The Bertz CT molecular complexity index is 810. The van der Waals surface area contributed by atoms with Gasteiger partial charge in [-0.05, 0) is 25.7 Å². The van der Waals surface area contributed by atoms with Gasteiger partial charge in [0.15, 0.2) is 0 Å². The first-order valence-corrected chi connectivity index (χ1v) is 12.8. The molecular formula is C24H34N2O5S. The van der Waals surface area contributed by atoms with E-state index in [9.17, 15) is 19.5 Å². The maximum absolute atomic E-state index is 13.9. The molecule has 2 saturated heterocycles. The molecule has 0 aromatic heterocycles. The van der Waals surface area contributed by atoms with Crippen molar-refractivity contribution in [1.29, 1.82) is 0 Å². The SMILES string of the molecule is CCCCN1CC=C[C@]23S[C@H]4/C=C\CCCOC(=O)[C@H]4[C@H]2C(=O)N([C@@H](CC)CO)C3C1=O. The van der Waals surface area contributed by atoms with E-state index in [1.54, 1.807) is 16.7 Å². The van der Waals surface area contributed by atoms with Crippen LogP contribution in [0.2, 0.25) is 0 Å². The zero-order valence-corrected chi connectivity index (χ0v) is 19.8. The van der Waals surface area contributed by atoms with Crippen LogP contribution >= 0.6 is 11.8 Å². The van der Waals surface area contributed by atoms with Gasteiger partial charge in [0.1, 0.15) is 6.04 Å². The van der Waals surface area contributed by atoms with Crippen molar-refractivity contribution < 1.29 is 24.2 Å². The first kappa shape index (κ1) is 23.4. The molecule has 1 N–H and O–H groups in total. The highest BCUT2D eigenvalue weighted by Crippen LogP contribution is 2.61. The number of nitrogens with zero attached hydrogens (tertiary/aromatic N) is 2. The van der Waals surface area contributed by atoms with Crippen LogP contribution in [-0.2, 0) is 19.1 Å². The minimum Gasteiger partial charge on any atom is -0.465 e. The van der Waals surface area contributed by atoms with Crippen molar-refractivity contribution in [1.82, 2.24) is 9.80 Å². The minimum absolute atomic E-state index is 0.0810. The number of likely N-dealkylation sites (tertiary alicyclic amines) is 1. The van der Waals surface area contributed by atoms with Crippen LogP contribution in [0.15, 0.2) is 24.3 Å². The average Bonchev–Trinajstić information content (AvgIpc) is 3.20. The largest absolute Gasteiger partial charge is 0.465 e. The molecule has 8 heteroatoms. The summed E-state index contributed by atoms with van der Waals surface area (Å²) in [4.78, 5) is 44.4. The van der Waals surface area contributed by atoms with Crippen LogP contribution in [0.4, 0.5) is 0 Å². The molecule has 4 heterocycles. The number of ether oxygens (including phenoxy) is 1. The molecule has 0 radical (unpaired) electrons. The second-order valence-corrected chi connectivity index (χ2v) is 10.6. The summed E-state index contributed by atoms with van der Waals surface area (Å²) < 4.78 is 4.72. The number of carbonyl (C=O) groups is 3. The van der Waals surface area contributed by atoms with Crippen molar-refractivity contribution >= 4 is 29.5 Å². The molecule has 4 rings (SSSR count). The van der Waals surface area contributed by atoms with Gasteiger partial charge in [0.05, 0.1) is 35.8 Å². The van der Waals surface area contributed by atoms with E-state index in [1.807, 2.05) is 30.1 Å². The molecular weight excluding hydrogens is 428 g/mol. The van der Waals surface area contributed by atoms with Crippen LogP contribution in [0.5, 0.6) is 0 Å². The van der Waals surface area contributed by atoms with E-state index in [1.165, 1.54) is 0 Å². The van der Waals surface area contributed by atoms with Crippen LogP contribution in [0.1, 0.15) is 46.0 Å². The molecule has 1 unspecified atom stereocenters. The number of carbonyl (C=O) groups excluding carboxylic acids is 3. The highest BCUT2D eigenvalue weighted by Gasteiger charge is 2.71. The van der Waals surface area contributed by atoms with E-state index < -0.39 is 28.7 Å². The number of hydrogen-bond acceptors (Lipinski definition) is 6. The summed E-state index contributed by atoms with van der Waals surface area (Å²) in [5.74, 6) is -1.96. The molecule has 0 bridgehead atoms. The van der Waals surface area contributed by atoms with Crippen LogP contribution in [-0.4, -0.2) is 81.1 Å². The first-order chi connectivity index (χ1) is 15.5. The Kier molecular flexibility index (Phi) is 7.00. The van der Waals surface area contributed by atoms with Crippen LogP contribution in [0.25, 0.3) is 0 Å². The van der Waals surface area contributed by atoms with Gasteiger partial charge in [-0.25, -0.2) is 0 Å². The molecule has 2 amide bonds. The summed E-state index contributed by atoms with van der Waals surface area (Å²) in [7, 11) is 0. The Morgan fingerprint density at radius 2 is 2.06 bits per heavy atom. The van der Waals surface area contributed by atoms with Crippen molar-refractivity contribution in [2.24, 2.45) is 11.8 Å². The predicted octanol–water partition coefficient (Wildman–Crippen LogP) is 2.15. The molecule has 2 fully saturated rings. The molecule has 32 heavy (non-hydrogen) atoms. The van der Waals surface area contributed by atoms with Crippen LogP contribution < -0.4 is 0 Å². The normalized spacial score (nSPS) is 36.4. The number of cyclic esters (lactones) is 1. The van der Waals surface area contributed by atoms with E-state index in [2.05, 4.69) is 13.0 Å². The number of unbranched alkanes of at least 4 members (excludes halogenated alkanes) is 1. The number of esters is 1.